The number of hydrogen-bond donors (Lipinski definition) is 0. The average molecular weight is 393 g/mol. The third-order valence-corrected chi connectivity index (χ3v) is 4.82. The molecule has 0 fully saturated rings. The molecule has 0 saturated heterocycles. The highest BCUT2D eigenvalue weighted by Gasteiger charge is 2.32. The van der Waals surface area contributed by atoms with E-state index in [0.29, 0.717) is 28.0 Å². The third kappa shape index (κ3) is 3.50. The molecule has 0 aromatic heterocycles. The van der Waals surface area contributed by atoms with E-state index in [0.717, 1.165) is 16.8 Å². The lowest BCUT2D eigenvalue weighted by Gasteiger charge is -2.21. The molecule has 1 aliphatic heterocycles. The third-order valence-electron chi connectivity index (χ3n) is 4.27. The van der Waals surface area contributed by atoms with Crippen LogP contribution in [0, 0.1) is 0 Å². The molecular weight excluding hydrogens is 375 g/mol. The Bertz CT molecular complexity index is 883. The van der Waals surface area contributed by atoms with Crippen molar-refractivity contribution in [3.63, 3.8) is 0 Å². The summed E-state index contributed by atoms with van der Waals surface area (Å²) in [7, 11) is 3.16. The maximum Gasteiger partial charge on any atom is 0.240 e. The van der Waals surface area contributed by atoms with Gasteiger partial charge in [-0.1, -0.05) is 35.3 Å². The number of rotatable bonds is 4. The predicted molar refractivity (Wildman–Crippen MR) is 102 cm³/mol. The van der Waals surface area contributed by atoms with E-state index in [2.05, 4.69) is 5.10 Å². The second-order valence-corrected chi connectivity index (χ2v) is 6.71. The molecule has 0 N–H and O–H groups in total. The van der Waals surface area contributed by atoms with Gasteiger partial charge in [0.05, 0.1) is 31.0 Å². The van der Waals surface area contributed by atoms with Crippen molar-refractivity contribution in [3.05, 3.63) is 57.6 Å². The fourth-order valence-electron chi connectivity index (χ4n) is 3.01. The Labute approximate surface area is 162 Å². The van der Waals surface area contributed by atoms with E-state index in [-0.39, 0.29) is 11.9 Å². The number of carbonyl (C=O) groups is 1. The summed E-state index contributed by atoms with van der Waals surface area (Å²) in [5.41, 5.74) is 2.41. The molecule has 5 nitrogen and oxygen atoms in total. The Morgan fingerprint density at radius 1 is 1.12 bits per heavy atom. The summed E-state index contributed by atoms with van der Waals surface area (Å²) in [6.07, 6.45) is 0.538. The fourth-order valence-corrected chi connectivity index (χ4v) is 3.52. The first kappa shape index (κ1) is 18.5. The van der Waals surface area contributed by atoms with Gasteiger partial charge in [-0.2, -0.15) is 5.10 Å². The van der Waals surface area contributed by atoms with Gasteiger partial charge in [-0.25, -0.2) is 5.01 Å². The van der Waals surface area contributed by atoms with Gasteiger partial charge in [0, 0.05) is 23.9 Å². The van der Waals surface area contributed by atoms with Crippen LogP contribution >= 0.6 is 23.2 Å². The monoisotopic (exact) mass is 392 g/mol. The van der Waals surface area contributed by atoms with E-state index in [1.165, 1.54) is 11.9 Å². The Balaban J connectivity index is 1.98. The SMILES string of the molecule is COc1ccc(C2CC(c3ccc(Cl)cc3Cl)=NN2C(C)=O)cc1OC. The number of carbonyl (C=O) groups excluding carboxylic acids is 1. The Morgan fingerprint density at radius 3 is 2.46 bits per heavy atom. The van der Waals surface area contributed by atoms with Gasteiger partial charge in [-0.05, 0) is 29.8 Å². The summed E-state index contributed by atoms with van der Waals surface area (Å²) < 4.78 is 10.7. The molecule has 0 spiro atoms. The number of hydrogen-bond acceptors (Lipinski definition) is 4. The van der Waals surface area contributed by atoms with Gasteiger partial charge in [0.25, 0.3) is 0 Å². The Morgan fingerprint density at radius 2 is 1.85 bits per heavy atom. The number of halogens is 2. The van der Waals surface area contributed by atoms with Gasteiger partial charge in [0.1, 0.15) is 0 Å². The minimum Gasteiger partial charge on any atom is -0.493 e. The van der Waals surface area contributed by atoms with E-state index in [1.807, 2.05) is 24.3 Å². The molecule has 0 aliphatic carbocycles. The zero-order valence-electron chi connectivity index (χ0n) is 14.6. The normalized spacial score (nSPS) is 16.4. The van der Waals surface area contributed by atoms with Gasteiger partial charge in [-0.3, -0.25) is 4.79 Å². The van der Waals surface area contributed by atoms with Crippen LogP contribution in [0.5, 0.6) is 11.5 Å². The molecule has 1 heterocycles. The van der Waals surface area contributed by atoms with Gasteiger partial charge >= 0.3 is 0 Å². The van der Waals surface area contributed by atoms with Gasteiger partial charge in [-0.15, -0.1) is 0 Å². The standard InChI is InChI=1S/C19H18Cl2N2O3/c1-11(24)23-17(12-4-7-18(25-2)19(8-12)26-3)10-16(22-23)14-6-5-13(20)9-15(14)21/h4-9,17H,10H2,1-3H3. The van der Waals surface area contributed by atoms with Crippen molar-refractivity contribution >= 4 is 34.8 Å². The van der Waals surface area contributed by atoms with E-state index in [1.54, 1.807) is 26.4 Å². The van der Waals surface area contributed by atoms with Crippen molar-refractivity contribution in [2.24, 2.45) is 5.10 Å². The highest BCUT2D eigenvalue weighted by Crippen LogP contribution is 2.38. The van der Waals surface area contributed by atoms with E-state index >= 15 is 0 Å². The highest BCUT2D eigenvalue weighted by atomic mass is 35.5. The molecule has 136 valence electrons. The number of nitrogens with zero attached hydrogens (tertiary/aromatic N) is 2. The maximum atomic E-state index is 12.1. The average Bonchev–Trinajstić information content (AvgIpc) is 3.06. The van der Waals surface area contributed by atoms with E-state index in [4.69, 9.17) is 32.7 Å². The van der Waals surface area contributed by atoms with Crippen LogP contribution in [0.4, 0.5) is 0 Å². The predicted octanol–water partition coefficient (Wildman–Crippen LogP) is 4.71. The lowest BCUT2D eigenvalue weighted by atomic mass is 9.98. The van der Waals surface area contributed by atoms with Crippen LogP contribution in [0.1, 0.15) is 30.5 Å². The van der Waals surface area contributed by atoms with Crippen molar-refractivity contribution in [1.82, 2.24) is 5.01 Å². The van der Waals surface area contributed by atoms with Crippen molar-refractivity contribution in [2.45, 2.75) is 19.4 Å². The summed E-state index contributed by atoms with van der Waals surface area (Å²) in [6, 6.07) is 10.6. The Hall–Kier alpha value is -2.24. The molecule has 7 heteroatoms. The minimum atomic E-state index is -0.242. The smallest absolute Gasteiger partial charge is 0.240 e. The first-order valence-electron chi connectivity index (χ1n) is 7.99. The molecule has 1 unspecified atom stereocenters. The van der Waals surface area contributed by atoms with Crippen molar-refractivity contribution < 1.29 is 14.3 Å². The number of amides is 1. The van der Waals surface area contributed by atoms with Crippen LogP contribution in [-0.4, -0.2) is 30.8 Å². The fraction of sp³-hybridized carbons (Fsp3) is 0.263. The minimum absolute atomic E-state index is 0.148. The zero-order chi connectivity index (χ0) is 18.8. The van der Waals surface area contributed by atoms with E-state index in [9.17, 15) is 4.79 Å². The summed E-state index contributed by atoms with van der Waals surface area (Å²) in [6.45, 7) is 1.49. The Kier molecular flexibility index (Phi) is 5.39. The van der Waals surface area contributed by atoms with Gasteiger partial charge in [0.15, 0.2) is 11.5 Å². The summed E-state index contributed by atoms with van der Waals surface area (Å²) in [4.78, 5) is 12.1. The summed E-state index contributed by atoms with van der Waals surface area (Å²) in [5, 5.41) is 7.04. The number of ether oxygens (including phenoxy) is 2. The molecule has 1 atom stereocenters. The molecule has 3 rings (SSSR count). The number of benzene rings is 2. The van der Waals surface area contributed by atoms with Crippen molar-refractivity contribution in [1.29, 1.82) is 0 Å². The molecule has 2 aromatic rings. The lowest BCUT2D eigenvalue weighted by molar-refractivity contribution is -0.130. The molecular formula is C19H18Cl2N2O3. The molecule has 26 heavy (non-hydrogen) atoms. The molecule has 2 aromatic carbocycles. The molecule has 1 aliphatic rings. The summed E-state index contributed by atoms with van der Waals surface area (Å²) in [5.74, 6) is 1.09. The first-order chi connectivity index (χ1) is 12.4. The second kappa shape index (κ2) is 7.56. The van der Waals surface area contributed by atoms with Crippen LogP contribution in [-0.2, 0) is 4.79 Å². The number of methoxy groups -OCH3 is 2. The largest absolute Gasteiger partial charge is 0.493 e. The van der Waals surface area contributed by atoms with Crippen LogP contribution in [0.15, 0.2) is 41.5 Å². The molecule has 0 saturated carbocycles. The quantitative estimate of drug-likeness (QED) is 0.756. The topological polar surface area (TPSA) is 51.1 Å². The van der Waals surface area contributed by atoms with Crippen LogP contribution in [0.2, 0.25) is 10.0 Å². The van der Waals surface area contributed by atoms with Crippen molar-refractivity contribution in [3.8, 4) is 11.5 Å². The van der Waals surface area contributed by atoms with E-state index < -0.39 is 0 Å². The molecule has 0 radical (unpaired) electrons. The van der Waals surface area contributed by atoms with Crippen LogP contribution in [0.3, 0.4) is 0 Å². The second-order valence-electron chi connectivity index (χ2n) is 5.87. The highest BCUT2D eigenvalue weighted by molar-refractivity contribution is 6.37. The maximum absolute atomic E-state index is 12.1. The van der Waals surface area contributed by atoms with Crippen LogP contribution < -0.4 is 9.47 Å². The zero-order valence-corrected chi connectivity index (χ0v) is 16.1. The molecule has 1 amide bonds. The first-order valence-corrected chi connectivity index (χ1v) is 8.74. The van der Waals surface area contributed by atoms with Gasteiger partial charge < -0.3 is 9.47 Å². The summed E-state index contributed by atoms with van der Waals surface area (Å²) >= 11 is 12.3. The lowest BCUT2D eigenvalue weighted by Crippen LogP contribution is -2.24. The number of hydrazone groups is 1. The van der Waals surface area contributed by atoms with Crippen molar-refractivity contribution in [2.75, 3.05) is 14.2 Å². The van der Waals surface area contributed by atoms with Crippen LogP contribution in [0.25, 0.3) is 0 Å². The molecule has 0 bridgehead atoms. The van der Waals surface area contributed by atoms with Gasteiger partial charge in [0.2, 0.25) is 5.91 Å².